The van der Waals surface area contributed by atoms with Crippen molar-refractivity contribution in [2.75, 3.05) is 39.1 Å². The van der Waals surface area contributed by atoms with E-state index in [0.29, 0.717) is 23.8 Å². The standard InChI is InChI=1S/C13H21BrN2O2.ClH/c1-4-16(5-2)6-7-18-13-11(14)8-10(15)9-12(13)17-3;/h8-9H,4-7,15H2,1-3H3;1H. The normalized spacial score (nSPS) is 10.2. The second-order valence-electron chi connectivity index (χ2n) is 3.91. The average Bonchev–Trinajstić information content (AvgIpc) is 2.36. The Morgan fingerprint density at radius 3 is 2.42 bits per heavy atom. The monoisotopic (exact) mass is 352 g/mol. The maximum atomic E-state index is 5.78. The maximum absolute atomic E-state index is 5.78. The van der Waals surface area contributed by atoms with Gasteiger partial charge in [0.15, 0.2) is 11.5 Å². The van der Waals surface area contributed by atoms with Gasteiger partial charge in [0.1, 0.15) is 6.61 Å². The molecule has 0 atom stereocenters. The topological polar surface area (TPSA) is 47.7 Å². The van der Waals surface area contributed by atoms with Crippen molar-refractivity contribution in [3.63, 3.8) is 0 Å². The van der Waals surface area contributed by atoms with Crippen LogP contribution in [0.25, 0.3) is 0 Å². The molecule has 0 bridgehead atoms. The summed E-state index contributed by atoms with van der Waals surface area (Å²) in [5, 5.41) is 0. The van der Waals surface area contributed by atoms with E-state index in [1.165, 1.54) is 0 Å². The Balaban J connectivity index is 0.00000324. The highest BCUT2D eigenvalue weighted by Crippen LogP contribution is 2.37. The number of anilines is 1. The summed E-state index contributed by atoms with van der Waals surface area (Å²) < 4.78 is 11.9. The molecule has 1 aromatic rings. The SMILES string of the molecule is CCN(CC)CCOc1c(Br)cc(N)cc1OC.Cl. The van der Waals surface area contributed by atoms with Gasteiger partial charge in [-0.1, -0.05) is 13.8 Å². The number of nitrogen functional groups attached to an aromatic ring is 1. The average molecular weight is 354 g/mol. The molecular formula is C13H22BrClN2O2. The Morgan fingerprint density at radius 1 is 1.26 bits per heavy atom. The maximum Gasteiger partial charge on any atom is 0.175 e. The Bertz CT molecular complexity index is 387. The van der Waals surface area contributed by atoms with Gasteiger partial charge in [0.2, 0.25) is 0 Å². The minimum absolute atomic E-state index is 0. The van der Waals surface area contributed by atoms with E-state index in [2.05, 4.69) is 34.7 Å². The Labute approximate surface area is 129 Å². The van der Waals surface area contributed by atoms with Gasteiger partial charge in [-0.2, -0.15) is 0 Å². The second kappa shape index (κ2) is 9.28. The molecule has 0 aliphatic carbocycles. The predicted molar refractivity (Wildman–Crippen MR) is 85.6 cm³/mol. The molecule has 0 saturated carbocycles. The molecule has 1 rings (SSSR count). The van der Waals surface area contributed by atoms with Gasteiger partial charge in [0, 0.05) is 18.3 Å². The number of hydrogen-bond acceptors (Lipinski definition) is 4. The van der Waals surface area contributed by atoms with Crippen LogP contribution < -0.4 is 15.2 Å². The van der Waals surface area contributed by atoms with Crippen molar-refractivity contribution in [3.8, 4) is 11.5 Å². The fourth-order valence-corrected chi connectivity index (χ4v) is 2.27. The van der Waals surface area contributed by atoms with Gasteiger partial charge in [-0.3, -0.25) is 0 Å². The van der Waals surface area contributed by atoms with E-state index in [1.807, 2.05) is 6.07 Å². The number of nitrogens with two attached hydrogens (primary N) is 1. The van der Waals surface area contributed by atoms with Crippen molar-refractivity contribution < 1.29 is 9.47 Å². The summed E-state index contributed by atoms with van der Waals surface area (Å²) >= 11 is 3.44. The quantitative estimate of drug-likeness (QED) is 0.765. The zero-order valence-corrected chi connectivity index (χ0v) is 14.0. The van der Waals surface area contributed by atoms with Crippen LogP contribution in [0.3, 0.4) is 0 Å². The number of methoxy groups -OCH3 is 1. The third-order valence-corrected chi connectivity index (χ3v) is 3.39. The lowest BCUT2D eigenvalue weighted by atomic mass is 10.3. The van der Waals surface area contributed by atoms with Crippen molar-refractivity contribution in [1.29, 1.82) is 0 Å². The van der Waals surface area contributed by atoms with E-state index in [4.69, 9.17) is 15.2 Å². The van der Waals surface area contributed by atoms with E-state index >= 15 is 0 Å². The Hall–Kier alpha value is -0.650. The van der Waals surface area contributed by atoms with Crippen LogP contribution in [0, 0.1) is 0 Å². The molecule has 0 aliphatic heterocycles. The van der Waals surface area contributed by atoms with Crippen LogP contribution in [0.1, 0.15) is 13.8 Å². The Morgan fingerprint density at radius 2 is 1.89 bits per heavy atom. The molecule has 0 unspecified atom stereocenters. The van der Waals surface area contributed by atoms with Crippen molar-refractivity contribution in [3.05, 3.63) is 16.6 Å². The third-order valence-electron chi connectivity index (χ3n) is 2.80. The molecule has 110 valence electrons. The van der Waals surface area contributed by atoms with Crippen LogP contribution in [0.5, 0.6) is 11.5 Å². The van der Waals surface area contributed by atoms with Crippen LogP contribution in [0.2, 0.25) is 0 Å². The van der Waals surface area contributed by atoms with Gasteiger partial charge < -0.3 is 20.1 Å². The summed E-state index contributed by atoms with van der Waals surface area (Å²) in [7, 11) is 1.61. The van der Waals surface area contributed by atoms with E-state index in [1.54, 1.807) is 13.2 Å². The van der Waals surface area contributed by atoms with Crippen molar-refractivity contribution in [1.82, 2.24) is 4.90 Å². The zero-order chi connectivity index (χ0) is 13.5. The number of rotatable bonds is 7. The fourth-order valence-electron chi connectivity index (χ4n) is 1.70. The summed E-state index contributed by atoms with van der Waals surface area (Å²) in [6.07, 6.45) is 0. The van der Waals surface area contributed by atoms with Gasteiger partial charge in [0.25, 0.3) is 0 Å². The number of likely N-dealkylation sites (N-methyl/N-ethyl adjacent to an activating group) is 1. The van der Waals surface area contributed by atoms with Crippen LogP contribution in [-0.4, -0.2) is 38.3 Å². The van der Waals surface area contributed by atoms with Crippen molar-refractivity contribution in [2.45, 2.75) is 13.8 Å². The number of ether oxygens (including phenoxy) is 2. The van der Waals surface area contributed by atoms with Crippen molar-refractivity contribution in [2.24, 2.45) is 0 Å². The van der Waals surface area contributed by atoms with Gasteiger partial charge in [-0.25, -0.2) is 0 Å². The Kier molecular flexibility index (Phi) is 8.97. The minimum Gasteiger partial charge on any atom is -0.493 e. The number of nitrogens with zero attached hydrogens (tertiary/aromatic N) is 1. The summed E-state index contributed by atoms with van der Waals surface area (Å²) in [5.74, 6) is 1.36. The van der Waals surface area contributed by atoms with Crippen molar-refractivity contribution >= 4 is 34.0 Å². The predicted octanol–water partition coefficient (Wildman–Crippen LogP) is 3.18. The fraction of sp³-hybridized carbons (Fsp3) is 0.538. The molecule has 0 saturated heterocycles. The zero-order valence-electron chi connectivity index (χ0n) is 11.6. The van der Waals surface area contributed by atoms with Crippen LogP contribution in [0.4, 0.5) is 5.69 Å². The molecule has 0 amide bonds. The first-order valence-electron chi connectivity index (χ1n) is 6.10. The summed E-state index contributed by atoms with van der Waals surface area (Å²) in [6, 6.07) is 3.58. The highest BCUT2D eigenvalue weighted by molar-refractivity contribution is 9.10. The number of benzene rings is 1. The molecule has 0 aliphatic rings. The number of hydrogen-bond donors (Lipinski definition) is 1. The molecule has 6 heteroatoms. The third kappa shape index (κ3) is 5.47. The smallest absolute Gasteiger partial charge is 0.175 e. The van der Waals surface area contributed by atoms with E-state index in [-0.39, 0.29) is 12.4 Å². The summed E-state index contributed by atoms with van der Waals surface area (Å²) in [5.41, 5.74) is 6.40. The molecule has 0 fully saturated rings. The van der Waals surface area contributed by atoms with Crippen LogP contribution in [0.15, 0.2) is 16.6 Å². The largest absolute Gasteiger partial charge is 0.493 e. The van der Waals surface area contributed by atoms with Gasteiger partial charge in [-0.15, -0.1) is 12.4 Å². The van der Waals surface area contributed by atoms with Crippen LogP contribution in [-0.2, 0) is 0 Å². The molecule has 0 spiro atoms. The first-order chi connectivity index (χ1) is 8.62. The lowest BCUT2D eigenvalue weighted by molar-refractivity contribution is 0.216. The van der Waals surface area contributed by atoms with Gasteiger partial charge >= 0.3 is 0 Å². The first-order valence-corrected chi connectivity index (χ1v) is 6.89. The number of halogens is 2. The van der Waals surface area contributed by atoms with Gasteiger partial charge in [0.05, 0.1) is 11.6 Å². The second-order valence-corrected chi connectivity index (χ2v) is 4.76. The highest BCUT2D eigenvalue weighted by atomic mass is 79.9. The molecule has 19 heavy (non-hydrogen) atoms. The van der Waals surface area contributed by atoms with E-state index < -0.39 is 0 Å². The van der Waals surface area contributed by atoms with Gasteiger partial charge in [-0.05, 0) is 35.1 Å². The minimum atomic E-state index is 0. The lowest BCUT2D eigenvalue weighted by Gasteiger charge is -2.19. The highest BCUT2D eigenvalue weighted by Gasteiger charge is 2.11. The molecular weight excluding hydrogens is 332 g/mol. The van der Waals surface area contributed by atoms with E-state index in [9.17, 15) is 0 Å². The molecule has 2 N–H and O–H groups in total. The van der Waals surface area contributed by atoms with Crippen LogP contribution >= 0.6 is 28.3 Å². The molecule has 0 aromatic heterocycles. The summed E-state index contributed by atoms with van der Waals surface area (Å²) in [6.45, 7) is 7.86. The summed E-state index contributed by atoms with van der Waals surface area (Å²) in [4.78, 5) is 2.30. The molecule has 4 nitrogen and oxygen atoms in total. The van der Waals surface area contributed by atoms with E-state index in [0.717, 1.165) is 24.1 Å². The molecule has 0 heterocycles. The lowest BCUT2D eigenvalue weighted by Crippen LogP contribution is -2.28. The first kappa shape index (κ1) is 18.4. The molecule has 1 aromatic carbocycles. The molecule has 0 radical (unpaired) electrons.